The summed E-state index contributed by atoms with van der Waals surface area (Å²) in [6.45, 7) is 2.41. The van der Waals surface area contributed by atoms with Gasteiger partial charge >= 0.3 is 5.97 Å². The van der Waals surface area contributed by atoms with Crippen LogP contribution in [-0.4, -0.2) is 34.5 Å². The molecule has 1 aromatic rings. The first-order chi connectivity index (χ1) is 8.50. The Morgan fingerprint density at radius 2 is 2.17 bits per heavy atom. The molecule has 96 valence electrons. The molecule has 2 rings (SSSR count). The van der Waals surface area contributed by atoms with Crippen molar-refractivity contribution in [3.05, 3.63) is 33.8 Å². The zero-order valence-electron chi connectivity index (χ0n) is 10.0. The number of amides is 1. The lowest BCUT2D eigenvalue weighted by atomic mass is 10.1. The third kappa shape index (κ3) is 2.41. The Kier molecular flexibility index (Phi) is 3.71. The minimum Gasteiger partial charge on any atom is -0.480 e. The minimum absolute atomic E-state index is 0.213. The first-order valence-corrected chi connectivity index (χ1v) is 6.60. The zero-order valence-corrected chi connectivity index (χ0v) is 11.6. The van der Waals surface area contributed by atoms with Crippen LogP contribution in [0.1, 0.15) is 28.8 Å². The van der Waals surface area contributed by atoms with Crippen LogP contribution in [0.15, 0.2) is 22.7 Å². The van der Waals surface area contributed by atoms with Crippen LogP contribution in [-0.2, 0) is 4.79 Å². The number of halogens is 1. The molecule has 1 N–H and O–H groups in total. The monoisotopic (exact) mass is 311 g/mol. The highest BCUT2D eigenvalue weighted by Crippen LogP contribution is 2.25. The van der Waals surface area contributed by atoms with Crippen molar-refractivity contribution >= 4 is 27.8 Å². The summed E-state index contributed by atoms with van der Waals surface area (Å²) in [7, 11) is 0. The number of hydrogen-bond donors (Lipinski definition) is 1. The van der Waals surface area contributed by atoms with Crippen molar-refractivity contribution in [1.82, 2.24) is 4.90 Å². The number of likely N-dealkylation sites (tertiary alicyclic amines) is 1. The second-order valence-electron chi connectivity index (χ2n) is 4.48. The number of nitrogens with zero attached hydrogens (tertiary/aromatic N) is 1. The van der Waals surface area contributed by atoms with Gasteiger partial charge in [0.25, 0.3) is 5.91 Å². The first-order valence-electron chi connectivity index (χ1n) is 5.80. The maximum atomic E-state index is 12.4. The van der Waals surface area contributed by atoms with E-state index in [1.807, 2.05) is 19.1 Å². The number of carboxylic acid groups (broad SMARTS) is 1. The summed E-state index contributed by atoms with van der Waals surface area (Å²) in [5.74, 6) is -1.14. The first kappa shape index (κ1) is 13.1. The van der Waals surface area contributed by atoms with E-state index < -0.39 is 12.0 Å². The largest absolute Gasteiger partial charge is 0.480 e. The average molecular weight is 312 g/mol. The van der Waals surface area contributed by atoms with Crippen molar-refractivity contribution in [2.45, 2.75) is 25.8 Å². The van der Waals surface area contributed by atoms with Crippen molar-refractivity contribution in [3.8, 4) is 0 Å². The lowest BCUT2D eigenvalue weighted by Crippen LogP contribution is -2.40. The highest BCUT2D eigenvalue weighted by Gasteiger charge is 2.34. The predicted molar refractivity (Wildman–Crippen MR) is 70.6 cm³/mol. The molecule has 0 bridgehead atoms. The van der Waals surface area contributed by atoms with Gasteiger partial charge in [0, 0.05) is 11.0 Å². The van der Waals surface area contributed by atoms with Gasteiger partial charge in [-0.15, -0.1) is 0 Å². The van der Waals surface area contributed by atoms with E-state index in [2.05, 4.69) is 15.9 Å². The van der Waals surface area contributed by atoms with Gasteiger partial charge in [-0.25, -0.2) is 4.79 Å². The van der Waals surface area contributed by atoms with Gasteiger partial charge < -0.3 is 10.0 Å². The van der Waals surface area contributed by atoms with Gasteiger partial charge in [-0.3, -0.25) is 4.79 Å². The second kappa shape index (κ2) is 5.10. The van der Waals surface area contributed by atoms with Crippen molar-refractivity contribution in [2.24, 2.45) is 0 Å². The molecule has 4 nitrogen and oxygen atoms in total. The topological polar surface area (TPSA) is 57.6 Å². The van der Waals surface area contributed by atoms with E-state index in [0.717, 1.165) is 12.0 Å². The van der Waals surface area contributed by atoms with Gasteiger partial charge in [-0.1, -0.05) is 11.6 Å². The molecule has 1 amide bonds. The van der Waals surface area contributed by atoms with Crippen LogP contribution in [0.25, 0.3) is 0 Å². The molecule has 0 aliphatic carbocycles. The number of aliphatic carboxylic acids is 1. The van der Waals surface area contributed by atoms with E-state index in [4.69, 9.17) is 5.11 Å². The number of carboxylic acids is 1. The third-order valence-electron chi connectivity index (χ3n) is 3.15. The summed E-state index contributed by atoms with van der Waals surface area (Å²) in [4.78, 5) is 24.9. The Bertz CT molecular complexity index is 501. The SMILES string of the molecule is Cc1ccc(Br)c(C(=O)N2CCCC2C(=O)O)c1. The molecule has 1 atom stereocenters. The Morgan fingerprint density at radius 1 is 1.44 bits per heavy atom. The van der Waals surface area contributed by atoms with E-state index >= 15 is 0 Å². The van der Waals surface area contributed by atoms with E-state index in [9.17, 15) is 9.59 Å². The third-order valence-corrected chi connectivity index (χ3v) is 3.84. The molecule has 5 heteroatoms. The molecule has 1 saturated heterocycles. The van der Waals surface area contributed by atoms with Crippen molar-refractivity contribution in [2.75, 3.05) is 6.54 Å². The summed E-state index contributed by atoms with van der Waals surface area (Å²) in [6.07, 6.45) is 1.27. The highest BCUT2D eigenvalue weighted by atomic mass is 79.9. The molecule has 1 aliphatic heterocycles. The fraction of sp³-hybridized carbons (Fsp3) is 0.385. The maximum absolute atomic E-state index is 12.4. The van der Waals surface area contributed by atoms with Crippen molar-refractivity contribution in [3.63, 3.8) is 0 Å². The van der Waals surface area contributed by atoms with Crippen molar-refractivity contribution < 1.29 is 14.7 Å². The van der Waals surface area contributed by atoms with Crippen LogP contribution in [0.4, 0.5) is 0 Å². The Labute approximate surface area is 114 Å². The van der Waals surface area contributed by atoms with Crippen LogP contribution in [0.3, 0.4) is 0 Å². The lowest BCUT2D eigenvalue weighted by Gasteiger charge is -2.22. The van der Waals surface area contributed by atoms with Crippen LogP contribution < -0.4 is 0 Å². The molecule has 1 unspecified atom stereocenters. The van der Waals surface area contributed by atoms with Gasteiger partial charge in [-0.05, 0) is 47.8 Å². The molecule has 0 spiro atoms. The number of carbonyl (C=O) groups excluding carboxylic acids is 1. The smallest absolute Gasteiger partial charge is 0.326 e. The van der Waals surface area contributed by atoms with Gasteiger partial charge in [0.15, 0.2) is 0 Å². The number of benzene rings is 1. The van der Waals surface area contributed by atoms with Gasteiger partial charge in [0.1, 0.15) is 6.04 Å². The number of rotatable bonds is 2. The normalized spacial score (nSPS) is 19.0. The number of aryl methyl sites for hydroxylation is 1. The quantitative estimate of drug-likeness (QED) is 0.912. The second-order valence-corrected chi connectivity index (χ2v) is 5.33. The molecule has 0 radical (unpaired) electrons. The van der Waals surface area contributed by atoms with Gasteiger partial charge in [0.05, 0.1) is 5.56 Å². The van der Waals surface area contributed by atoms with Crippen LogP contribution >= 0.6 is 15.9 Å². The molecular formula is C13H14BrNO3. The molecule has 1 aliphatic rings. The van der Waals surface area contributed by atoms with E-state index in [1.54, 1.807) is 6.07 Å². The van der Waals surface area contributed by atoms with Crippen molar-refractivity contribution in [1.29, 1.82) is 0 Å². The van der Waals surface area contributed by atoms with Crippen LogP contribution in [0.5, 0.6) is 0 Å². The highest BCUT2D eigenvalue weighted by molar-refractivity contribution is 9.10. The molecule has 1 fully saturated rings. The van der Waals surface area contributed by atoms with Crippen LogP contribution in [0, 0.1) is 6.92 Å². The predicted octanol–water partition coefficient (Wildman–Crippen LogP) is 2.45. The summed E-state index contributed by atoms with van der Waals surface area (Å²) in [5, 5.41) is 9.10. The molecule has 0 aromatic heterocycles. The Hall–Kier alpha value is -1.36. The Balaban J connectivity index is 2.31. The fourth-order valence-corrected chi connectivity index (χ4v) is 2.64. The van der Waals surface area contributed by atoms with Crippen LogP contribution in [0.2, 0.25) is 0 Å². The minimum atomic E-state index is -0.926. The molecule has 0 saturated carbocycles. The fourth-order valence-electron chi connectivity index (χ4n) is 2.22. The maximum Gasteiger partial charge on any atom is 0.326 e. The van der Waals surface area contributed by atoms with E-state index in [0.29, 0.717) is 23.0 Å². The van der Waals surface area contributed by atoms with Gasteiger partial charge in [-0.2, -0.15) is 0 Å². The average Bonchev–Trinajstić information content (AvgIpc) is 2.80. The Morgan fingerprint density at radius 3 is 2.83 bits per heavy atom. The van der Waals surface area contributed by atoms with Gasteiger partial charge in [0.2, 0.25) is 0 Å². The number of carbonyl (C=O) groups is 2. The summed E-state index contributed by atoms with van der Waals surface area (Å²) in [5.41, 5.74) is 1.51. The molecular weight excluding hydrogens is 298 g/mol. The van der Waals surface area contributed by atoms with E-state index in [1.165, 1.54) is 4.90 Å². The standard InChI is InChI=1S/C13H14BrNO3/c1-8-4-5-10(14)9(7-8)12(16)15-6-2-3-11(15)13(17)18/h4-5,7,11H,2-3,6H2,1H3,(H,17,18). The molecule has 1 heterocycles. The molecule has 1 aromatic carbocycles. The zero-order chi connectivity index (χ0) is 13.3. The summed E-state index contributed by atoms with van der Waals surface area (Å²) in [6, 6.07) is 4.81. The number of hydrogen-bond acceptors (Lipinski definition) is 2. The summed E-state index contributed by atoms with van der Waals surface area (Å²) < 4.78 is 0.703. The van der Waals surface area contributed by atoms with E-state index in [-0.39, 0.29) is 5.91 Å². The lowest BCUT2D eigenvalue weighted by molar-refractivity contribution is -0.141. The molecule has 18 heavy (non-hydrogen) atoms. The summed E-state index contributed by atoms with van der Waals surface area (Å²) >= 11 is 3.34.